The standard InChI is InChI=1S/C20H24/c1-2-8-15-13(5-1)11-12-17-16-9-3-6-14-7-4-10-18(19(14)16)20(15)17/h1,3,5-6,9,11,14-15,17-20H,2,4,7-8,10,12H2. The summed E-state index contributed by atoms with van der Waals surface area (Å²) >= 11 is 0. The smallest absolute Gasteiger partial charge is 0.0103 e. The molecule has 20 heavy (non-hydrogen) atoms. The summed E-state index contributed by atoms with van der Waals surface area (Å²) in [4.78, 5) is 0. The number of hydrogen-bond donors (Lipinski definition) is 0. The van der Waals surface area contributed by atoms with E-state index in [1.807, 2.05) is 5.57 Å². The summed E-state index contributed by atoms with van der Waals surface area (Å²) in [5, 5.41) is 0. The van der Waals surface area contributed by atoms with E-state index in [1.165, 1.54) is 38.5 Å². The molecule has 2 fully saturated rings. The van der Waals surface area contributed by atoms with Gasteiger partial charge in [-0.2, -0.15) is 0 Å². The molecule has 0 heteroatoms. The minimum atomic E-state index is 0.877. The average molecular weight is 264 g/mol. The molecule has 6 atom stereocenters. The monoisotopic (exact) mass is 264 g/mol. The van der Waals surface area contributed by atoms with Gasteiger partial charge >= 0.3 is 0 Å². The minimum Gasteiger partial charge on any atom is -0.0842 e. The van der Waals surface area contributed by atoms with E-state index in [4.69, 9.17) is 0 Å². The summed E-state index contributed by atoms with van der Waals surface area (Å²) in [5.74, 6) is 5.53. The Kier molecular flexibility index (Phi) is 2.45. The summed E-state index contributed by atoms with van der Waals surface area (Å²) in [5.41, 5.74) is 3.53. The third kappa shape index (κ3) is 1.43. The second-order valence-corrected chi connectivity index (χ2v) is 7.55. The second kappa shape index (κ2) is 4.23. The van der Waals surface area contributed by atoms with Crippen molar-refractivity contribution < 1.29 is 0 Å². The van der Waals surface area contributed by atoms with E-state index < -0.39 is 0 Å². The molecule has 5 rings (SSSR count). The van der Waals surface area contributed by atoms with Gasteiger partial charge in [-0.3, -0.25) is 0 Å². The molecule has 0 saturated heterocycles. The molecule has 0 amide bonds. The van der Waals surface area contributed by atoms with Crippen molar-refractivity contribution in [1.29, 1.82) is 0 Å². The first-order valence-corrected chi connectivity index (χ1v) is 8.68. The van der Waals surface area contributed by atoms with Crippen molar-refractivity contribution in [2.75, 3.05) is 0 Å². The van der Waals surface area contributed by atoms with Crippen molar-refractivity contribution in [3.8, 4) is 0 Å². The van der Waals surface area contributed by atoms with Crippen LogP contribution in [0.15, 0.2) is 47.6 Å². The predicted molar refractivity (Wildman–Crippen MR) is 83.1 cm³/mol. The van der Waals surface area contributed by atoms with Gasteiger partial charge < -0.3 is 0 Å². The highest BCUT2D eigenvalue weighted by Crippen LogP contribution is 2.62. The van der Waals surface area contributed by atoms with Gasteiger partial charge in [0.1, 0.15) is 0 Å². The summed E-state index contributed by atoms with van der Waals surface area (Å²) in [7, 11) is 0. The second-order valence-electron chi connectivity index (χ2n) is 7.55. The van der Waals surface area contributed by atoms with Gasteiger partial charge in [-0.05, 0) is 73.2 Å². The van der Waals surface area contributed by atoms with Crippen LogP contribution in [0, 0.1) is 35.5 Å². The summed E-state index contributed by atoms with van der Waals surface area (Å²) in [6.45, 7) is 0. The highest BCUT2D eigenvalue weighted by atomic mass is 14.6. The Morgan fingerprint density at radius 2 is 2.05 bits per heavy atom. The van der Waals surface area contributed by atoms with Gasteiger partial charge in [0, 0.05) is 0 Å². The van der Waals surface area contributed by atoms with Gasteiger partial charge in [-0.15, -0.1) is 0 Å². The van der Waals surface area contributed by atoms with Crippen LogP contribution < -0.4 is 0 Å². The van der Waals surface area contributed by atoms with E-state index >= 15 is 0 Å². The van der Waals surface area contributed by atoms with Crippen LogP contribution in [0.3, 0.4) is 0 Å². The lowest BCUT2D eigenvalue weighted by atomic mass is 9.64. The molecule has 0 aromatic heterocycles. The van der Waals surface area contributed by atoms with Crippen LogP contribution in [0.25, 0.3) is 0 Å². The van der Waals surface area contributed by atoms with E-state index in [0.717, 1.165) is 35.5 Å². The van der Waals surface area contributed by atoms with Crippen molar-refractivity contribution in [1.82, 2.24) is 0 Å². The molecule has 0 aromatic carbocycles. The molecule has 5 aliphatic rings. The molecular weight excluding hydrogens is 240 g/mol. The molecule has 0 radical (unpaired) electrons. The highest BCUT2D eigenvalue weighted by molar-refractivity contribution is 5.38. The molecule has 0 aromatic rings. The van der Waals surface area contributed by atoms with Crippen LogP contribution >= 0.6 is 0 Å². The Bertz CT molecular complexity index is 544. The molecule has 5 aliphatic carbocycles. The quantitative estimate of drug-likeness (QED) is 0.574. The Hall–Kier alpha value is -1.04. The Balaban J connectivity index is 1.60. The molecule has 0 N–H and O–H groups in total. The fourth-order valence-electron chi connectivity index (χ4n) is 6.27. The minimum absolute atomic E-state index is 0.877. The number of rotatable bonds is 0. The van der Waals surface area contributed by atoms with Gasteiger partial charge in [0.05, 0.1) is 0 Å². The van der Waals surface area contributed by atoms with Gasteiger partial charge in [0.2, 0.25) is 0 Å². The van der Waals surface area contributed by atoms with Crippen molar-refractivity contribution in [3.63, 3.8) is 0 Å². The first-order valence-electron chi connectivity index (χ1n) is 8.68. The van der Waals surface area contributed by atoms with E-state index in [1.54, 1.807) is 5.57 Å². The lowest BCUT2D eigenvalue weighted by Gasteiger charge is -2.41. The maximum absolute atomic E-state index is 2.58. The van der Waals surface area contributed by atoms with Crippen LogP contribution in [0.2, 0.25) is 0 Å². The maximum atomic E-state index is 2.58. The van der Waals surface area contributed by atoms with Crippen molar-refractivity contribution in [3.05, 3.63) is 47.6 Å². The molecule has 0 spiro atoms. The molecule has 0 heterocycles. The van der Waals surface area contributed by atoms with E-state index in [-0.39, 0.29) is 0 Å². The largest absolute Gasteiger partial charge is 0.0842 e. The van der Waals surface area contributed by atoms with E-state index in [0.29, 0.717) is 0 Å². The summed E-state index contributed by atoms with van der Waals surface area (Å²) < 4.78 is 0. The molecule has 0 aliphatic heterocycles. The first kappa shape index (κ1) is 11.6. The predicted octanol–water partition coefficient (Wildman–Crippen LogP) is 5.06. The van der Waals surface area contributed by atoms with Gasteiger partial charge in [0.25, 0.3) is 0 Å². The van der Waals surface area contributed by atoms with Gasteiger partial charge in [-0.1, -0.05) is 48.5 Å². The van der Waals surface area contributed by atoms with Gasteiger partial charge in [0.15, 0.2) is 0 Å². The molecule has 6 unspecified atom stereocenters. The first-order chi connectivity index (χ1) is 9.93. The van der Waals surface area contributed by atoms with Crippen molar-refractivity contribution in [2.45, 2.75) is 38.5 Å². The zero-order chi connectivity index (χ0) is 13.1. The topological polar surface area (TPSA) is 0 Å². The molecule has 0 nitrogen and oxygen atoms in total. The number of allylic oxidation sites excluding steroid dienone is 8. The third-order valence-corrected chi connectivity index (χ3v) is 6.87. The van der Waals surface area contributed by atoms with Crippen LogP contribution in [0.1, 0.15) is 38.5 Å². The SMILES string of the molecule is C1=CC2CCCC3C2C(=C1)C1CC=C2C=CCCC2C13. The normalized spacial score (nSPS) is 48.0. The zero-order valence-electron chi connectivity index (χ0n) is 12.2. The Morgan fingerprint density at radius 3 is 3.05 bits per heavy atom. The van der Waals surface area contributed by atoms with Gasteiger partial charge in [-0.25, -0.2) is 0 Å². The van der Waals surface area contributed by atoms with Crippen LogP contribution in [0.5, 0.6) is 0 Å². The van der Waals surface area contributed by atoms with Crippen LogP contribution in [0.4, 0.5) is 0 Å². The fraction of sp³-hybridized carbons (Fsp3) is 0.600. The lowest BCUT2D eigenvalue weighted by Crippen LogP contribution is -2.33. The number of fused-ring (bicyclic) bond motifs is 5. The summed E-state index contributed by atoms with van der Waals surface area (Å²) in [6, 6.07) is 0. The average Bonchev–Trinajstić information content (AvgIpc) is 2.85. The van der Waals surface area contributed by atoms with E-state index in [9.17, 15) is 0 Å². The molecule has 104 valence electrons. The third-order valence-electron chi connectivity index (χ3n) is 6.87. The highest BCUT2D eigenvalue weighted by Gasteiger charge is 2.53. The lowest BCUT2D eigenvalue weighted by molar-refractivity contribution is 0.141. The maximum Gasteiger partial charge on any atom is -0.0103 e. The van der Waals surface area contributed by atoms with Crippen LogP contribution in [-0.4, -0.2) is 0 Å². The Morgan fingerprint density at radius 1 is 1.05 bits per heavy atom. The van der Waals surface area contributed by atoms with E-state index in [2.05, 4.69) is 36.5 Å². The summed E-state index contributed by atoms with van der Waals surface area (Å²) in [6.07, 6.45) is 23.3. The molecular formula is C20H24. The number of hydrogen-bond acceptors (Lipinski definition) is 0. The zero-order valence-corrected chi connectivity index (χ0v) is 12.2. The molecule has 2 saturated carbocycles. The molecule has 0 bridgehead atoms. The Labute approximate surface area is 122 Å². The van der Waals surface area contributed by atoms with Crippen molar-refractivity contribution in [2.24, 2.45) is 35.5 Å². The van der Waals surface area contributed by atoms with Crippen molar-refractivity contribution >= 4 is 0 Å². The fourth-order valence-corrected chi connectivity index (χ4v) is 6.27. The van der Waals surface area contributed by atoms with Crippen LogP contribution in [-0.2, 0) is 0 Å².